The van der Waals surface area contributed by atoms with Crippen molar-refractivity contribution >= 4 is 5.78 Å². The molecule has 1 aromatic rings. The van der Waals surface area contributed by atoms with Gasteiger partial charge in [-0.1, -0.05) is 39.8 Å². The van der Waals surface area contributed by atoms with Crippen molar-refractivity contribution in [3.8, 4) is 11.5 Å². The summed E-state index contributed by atoms with van der Waals surface area (Å²) in [5, 5.41) is 3.16. The second-order valence-electron chi connectivity index (χ2n) is 6.42. The van der Waals surface area contributed by atoms with Crippen LogP contribution in [0.1, 0.15) is 27.7 Å². The Kier molecular flexibility index (Phi) is 10.6. The summed E-state index contributed by atoms with van der Waals surface area (Å²) in [6.07, 6.45) is 4.15. The topological polar surface area (TPSA) is 56.8 Å². The summed E-state index contributed by atoms with van der Waals surface area (Å²) < 4.78 is 16.5. The predicted octanol–water partition coefficient (Wildman–Crippen LogP) is 3.45. The number of nitrogens with one attached hydrogen (secondary N) is 1. The molecule has 5 heteroatoms. The van der Waals surface area contributed by atoms with Crippen molar-refractivity contribution in [3.63, 3.8) is 0 Å². The quantitative estimate of drug-likeness (QED) is 0.336. The Balaban J connectivity index is 2.10. The first-order valence-electron chi connectivity index (χ1n) is 8.82. The van der Waals surface area contributed by atoms with Gasteiger partial charge in [0.05, 0.1) is 13.3 Å². The molecule has 0 radical (unpaired) electrons. The van der Waals surface area contributed by atoms with Gasteiger partial charge in [-0.15, -0.1) is 0 Å². The maximum absolute atomic E-state index is 11.5. The Morgan fingerprint density at radius 2 is 1.72 bits per heavy atom. The zero-order valence-electron chi connectivity index (χ0n) is 15.8. The molecule has 0 fully saturated rings. The molecule has 0 unspecified atom stereocenters. The number of carbonyl (C=O) groups is 1. The lowest BCUT2D eigenvalue weighted by molar-refractivity contribution is -0.123. The Labute approximate surface area is 151 Å². The van der Waals surface area contributed by atoms with Crippen molar-refractivity contribution in [2.24, 2.45) is 11.8 Å². The molecular weight excluding hydrogens is 318 g/mol. The monoisotopic (exact) mass is 349 g/mol. The fourth-order valence-corrected chi connectivity index (χ4v) is 1.79. The summed E-state index contributed by atoms with van der Waals surface area (Å²) in [7, 11) is 0. The van der Waals surface area contributed by atoms with E-state index in [1.807, 2.05) is 32.1 Å². The van der Waals surface area contributed by atoms with Crippen LogP contribution in [0.2, 0.25) is 0 Å². The van der Waals surface area contributed by atoms with Crippen molar-refractivity contribution in [1.29, 1.82) is 0 Å². The summed E-state index contributed by atoms with van der Waals surface area (Å²) in [5.41, 5.74) is 0. The van der Waals surface area contributed by atoms with Gasteiger partial charge in [-0.2, -0.15) is 0 Å². The van der Waals surface area contributed by atoms with Crippen LogP contribution in [0.5, 0.6) is 11.5 Å². The molecule has 1 N–H and O–H groups in total. The van der Waals surface area contributed by atoms with Gasteiger partial charge in [-0.3, -0.25) is 10.1 Å². The fraction of sp³-hybridized carbons (Fsp3) is 0.550. The van der Waals surface area contributed by atoms with E-state index in [1.165, 1.54) is 0 Å². The highest BCUT2D eigenvalue weighted by Crippen LogP contribution is 2.17. The van der Waals surface area contributed by atoms with Crippen LogP contribution in [-0.4, -0.2) is 38.9 Å². The number of carbonyl (C=O) groups excluding carboxylic acids is 1. The van der Waals surface area contributed by atoms with Gasteiger partial charge in [0.25, 0.3) is 0 Å². The number of allylic oxidation sites excluding steroid dienone is 1. The molecule has 0 aliphatic carbocycles. The SMILES string of the molecule is CC(C)/C=C/COCNCCOc1ccc(OCC(=O)C(C)C)cc1. The predicted molar refractivity (Wildman–Crippen MR) is 100 cm³/mol. The average Bonchev–Trinajstić information content (AvgIpc) is 2.58. The normalized spacial score (nSPS) is 11.4. The fourth-order valence-electron chi connectivity index (χ4n) is 1.79. The molecule has 1 aromatic carbocycles. The molecule has 0 atom stereocenters. The van der Waals surface area contributed by atoms with Crippen LogP contribution in [0.25, 0.3) is 0 Å². The van der Waals surface area contributed by atoms with E-state index in [4.69, 9.17) is 14.2 Å². The molecule has 5 nitrogen and oxygen atoms in total. The first-order chi connectivity index (χ1) is 12.0. The van der Waals surface area contributed by atoms with Gasteiger partial charge in [0, 0.05) is 12.5 Å². The van der Waals surface area contributed by atoms with Gasteiger partial charge in [0.1, 0.15) is 24.7 Å². The number of Topliss-reactive ketones (excluding diaryl/α,β-unsaturated/α-hetero) is 1. The lowest BCUT2D eigenvalue weighted by Crippen LogP contribution is -2.23. The summed E-state index contributed by atoms with van der Waals surface area (Å²) in [6, 6.07) is 7.28. The van der Waals surface area contributed by atoms with Crippen molar-refractivity contribution in [1.82, 2.24) is 5.32 Å². The minimum atomic E-state index is -0.00897. The van der Waals surface area contributed by atoms with E-state index in [0.29, 0.717) is 38.2 Å². The first-order valence-corrected chi connectivity index (χ1v) is 8.82. The molecule has 0 amide bonds. The molecule has 0 saturated heterocycles. The van der Waals surface area contributed by atoms with Crippen LogP contribution >= 0.6 is 0 Å². The van der Waals surface area contributed by atoms with Crippen LogP contribution in [0, 0.1) is 11.8 Å². The number of ketones is 1. The average molecular weight is 349 g/mol. The summed E-state index contributed by atoms with van der Waals surface area (Å²) in [4.78, 5) is 11.5. The van der Waals surface area contributed by atoms with E-state index in [-0.39, 0.29) is 18.3 Å². The first kappa shape index (κ1) is 21.2. The van der Waals surface area contributed by atoms with Crippen LogP contribution in [0.15, 0.2) is 36.4 Å². The van der Waals surface area contributed by atoms with Gasteiger partial charge in [0.2, 0.25) is 0 Å². The van der Waals surface area contributed by atoms with Gasteiger partial charge in [-0.25, -0.2) is 0 Å². The molecule has 25 heavy (non-hydrogen) atoms. The third kappa shape index (κ3) is 10.6. The zero-order valence-corrected chi connectivity index (χ0v) is 15.8. The summed E-state index contributed by atoms with van der Waals surface area (Å²) in [6.45, 7) is 10.5. The van der Waals surface area contributed by atoms with Crippen LogP contribution in [0.3, 0.4) is 0 Å². The number of benzene rings is 1. The summed E-state index contributed by atoms with van der Waals surface area (Å²) >= 11 is 0. The van der Waals surface area contributed by atoms with Gasteiger partial charge in [0.15, 0.2) is 5.78 Å². The number of ether oxygens (including phenoxy) is 3. The van der Waals surface area contributed by atoms with E-state index >= 15 is 0 Å². The Morgan fingerprint density at radius 3 is 2.32 bits per heavy atom. The Morgan fingerprint density at radius 1 is 1.08 bits per heavy atom. The minimum absolute atomic E-state index is 0.00897. The molecule has 0 aliphatic heterocycles. The molecule has 0 aliphatic rings. The highest BCUT2D eigenvalue weighted by Gasteiger charge is 2.07. The van der Waals surface area contributed by atoms with E-state index in [2.05, 4.69) is 25.2 Å². The van der Waals surface area contributed by atoms with Crippen molar-refractivity contribution < 1.29 is 19.0 Å². The van der Waals surface area contributed by atoms with E-state index < -0.39 is 0 Å². The van der Waals surface area contributed by atoms with Crippen LogP contribution in [0.4, 0.5) is 0 Å². The van der Waals surface area contributed by atoms with Gasteiger partial charge >= 0.3 is 0 Å². The number of hydrogen-bond donors (Lipinski definition) is 1. The van der Waals surface area contributed by atoms with Crippen molar-refractivity contribution in [2.75, 3.05) is 33.1 Å². The lowest BCUT2D eigenvalue weighted by atomic mass is 10.1. The maximum atomic E-state index is 11.5. The second kappa shape index (κ2) is 12.5. The second-order valence-corrected chi connectivity index (χ2v) is 6.42. The molecule has 140 valence electrons. The van der Waals surface area contributed by atoms with E-state index in [0.717, 1.165) is 5.75 Å². The van der Waals surface area contributed by atoms with E-state index in [9.17, 15) is 4.79 Å². The molecule has 1 rings (SSSR count). The third-order valence-electron chi connectivity index (χ3n) is 3.34. The molecule has 0 heterocycles. The minimum Gasteiger partial charge on any atom is -0.492 e. The van der Waals surface area contributed by atoms with Crippen LogP contribution in [-0.2, 0) is 9.53 Å². The largest absolute Gasteiger partial charge is 0.492 e. The molecular formula is C20H31NO4. The zero-order chi connectivity index (χ0) is 18.5. The Hall–Kier alpha value is -1.85. The number of hydrogen-bond acceptors (Lipinski definition) is 5. The van der Waals surface area contributed by atoms with E-state index in [1.54, 1.807) is 12.1 Å². The maximum Gasteiger partial charge on any atom is 0.172 e. The van der Waals surface area contributed by atoms with Gasteiger partial charge in [-0.05, 0) is 30.2 Å². The smallest absolute Gasteiger partial charge is 0.172 e. The van der Waals surface area contributed by atoms with Gasteiger partial charge < -0.3 is 14.2 Å². The highest BCUT2D eigenvalue weighted by atomic mass is 16.5. The highest BCUT2D eigenvalue weighted by molar-refractivity contribution is 5.81. The molecule has 0 aromatic heterocycles. The third-order valence-corrected chi connectivity index (χ3v) is 3.34. The lowest BCUT2D eigenvalue weighted by Gasteiger charge is -2.10. The molecule has 0 bridgehead atoms. The Bertz CT molecular complexity index is 509. The number of rotatable bonds is 13. The van der Waals surface area contributed by atoms with Crippen LogP contribution < -0.4 is 14.8 Å². The van der Waals surface area contributed by atoms with Crippen molar-refractivity contribution in [2.45, 2.75) is 27.7 Å². The standard InChI is InChI=1S/C20H31NO4/c1-16(2)6-5-12-23-15-21-11-13-24-18-7-9-19(10-8-18)25-14-20(22)17(3)4/h5-10,16-17,21H,11-15H2,1-4H3/b6-5+. The van der Waals surface area contributed by atoms with Crippen molar-refractivity contribution in [3.05, 3.63) is 36.4 Å². The summed E-state index contributed by atoms with van der Waals surface area (Å²) in [5.74, 6) is 2.07. The molecule has 0 spiro atoms. The molecule has 0 saturated carbocycles.